The third-order valence-electron chi connectivity index (χ3n) is 3.98. The molecule has 0 aromatic rings. The average Bonchev–Trinajstić information content (AvgIpc) is 2.99. The van der Waals surface area contributed by atoms with Crippen LogP contribution < -0.4 is 10.6 Å². The van der Waals surface area contributed by atoms with Crippen molar-refractivity contribution in [2.45, 2.75) is 32.2 Å². The van der Waals surface area contributed by atoms with Gasteiger partial charge in [-0.2, -0.15) is 0 Å². The Bertz CT molecular complexity index is 334. The van der Waals surface area contributed by atoms with Crippen molar-refractivity contribution in [2.24, 2.45) is 0 Å². The lowest BCUT2D eigenvalue weighted by Gasteiger charge is -2.35. The van der Waals surface area contributed by atoms with Gasteiger partial charge in [0.05, 0.1) is 12.6 Å². The number of hydrogen-bond acceptors (Lipinski definition) is 4. The van der Waals surface area contributed by atoms with Crippen LogP contribution in [0.1, 0.15) is 26.2 Å². The zero-order valence-corrected chi connectivity index (χ0v) is 12.4. The highest BCUT2D eigenvalue weighted by atomic mass is 16.2. The summed E-state index contributed by atoms with van der Waals surface area (Å²) in [6, 6.07) is 0.0226. The molecule has 0 spiro atoms. The molecule has 2 amide bonds. The van der Waals surface area contributed by atoms with Gasteiger partial charge in [-0.3, -0.25) is 14.5 Å². The molecule has 6 heteroatoms. The number of piperazine rings is 1. The quantitative estimate of drug-likeness (QED) is 0.707. The molecule has 2 rings (SSSR count). The maximum Gasteiger partial charge on any atom is 0.239 e. The van der Waals surface area contributed by atoms with Gasteiger partial charge in [-0.25, -0.2) is 0 Å². The minimum atomic E-state index is 0.0226. The highest BCUT2D eigenvalue weighted by Gasteiger charge is 2.29. The Labute approximate surface area is 120 Å². The van der Waals surface area contributed by atoms with E-state index < -0.39 is 0 Å². The fourth-order valence-corrected chi connectivity index (χ4v) is 2.77. The van der Waals surface area contributed by atoms with Gasteiger partial charge in [-0.05, 0) is 25.8 Å². The van der Waals surface area contributed by atoms with E-state index >= 15 is 0 Å². The third kappa shape index (κ3) is 4.18. The Morgan fingerprint density at radius 2 is 2.00 bits per heavy atom. The Morgan fingerprint density at radius 1 is 1.25 bits per heavy atom. The molecular weight excluding hydrogens is 256 g/mol. The molecule has 2 aliphatic rings. The minimum absolute atomic E-state index is 0.0226. The van der Waals surface area contributed by atoms with E-state index in [4.69, 9.17) is 0 Å². The van der Waals surface area contributed by atoms with Crippen LogP contribution >= 0.6 is 0 Å². The van der Waals surface area contributed by atoms with Crippen LogP contribution in [0.3, 0.4) is 0 Å². The second-order valence-electron chi connectivity index (χ2n) is 5.60. The SMILES string of the molecule is CCCNC(=O)CN1CCN(C(=O)C2CCCN2)CC1. The van der Waals surface area contributed by atoms with Crippen molar-refractivity contribution in [1.82, 2.24) is 20.4 Å². The van der Waals surface area contributed by atoms with E-state index in [0.29, 0.717) is 6.54 Å². The molecule has 0 aliphatic carbocycles. The standard InChI is InChI=1S/C14H26N4O2/c1-2-5-16-13(19)11-17-7-9-18(10-8-17)14(20)12-4-3-6-15-12/h12,15H,2-11H2,1H3,(H,16,19). The van der Waals surface area contributed by atoms with Gasteiger partial charge in [-0.1, -0.05) is 6.92 Å². The summed E-state index contributed by atoms with van der Waals surface area (Å²) in [6.45, 7) is 7.23. The largest absolute Gasteiger partial charge is 0.355 e. The van der Waals surface area contributed by atoms with Gasteiger partial charge in [0.25, 0.3) is 0 Å². The van der Waals surface area contributed by atoms with Crippen molar-refractivity contribution in [2.75, 3.05) is 45.8 Å². The summed E-state index contributed by atoms with van der Waals surface area (Å²) in [5, 5.41) is 6.14. The molecule has 1 unspecified atom stereocenters. The fourth-order valence-electron chi connectivity index (χ4n) is 2.77. The van der Waals surface area contributed by atoms with Gasteiger partial charge in [0.2, 0.25) is 11.8 Å². The minimum Gasteiger partial charge on any atom is -0.355 e. The first-order valence-electron chi connectivity index (χ1n) is 7.72. The predicted molar refractivity (Wildman–Crippen MR) is 77.3 cm³/mol. The average molecular weight is 282 g/mol. The summed E-state index contributed by atoms with van der Waals surface area (Å²) in [4.78, 5) is 27.9. The van der Waals surface area contributed by atoms with Crippen LogP contribution in [0.25, 0.3) is 0 Å². The van der Waals surface area contributed by atoms with Crippen molar-refractivity contribution in [1.29, 1.82) is 0 Å². The normalized spacial score (nSPS) is 23.9. The van der Waals surface area contributed by atoms with Crippen molar-refractivity contribution in [3.63, 3.8) is 0 Å². The molecule has 0 aromatic heterocycles. The summed E-state index contributed by atoms with van der Waals surface area (Å²) in [5.74, 6) is 0.321. The van der Waals surface area contributed by atoms with Crippen LogP contribution in [0.4, 0.5) is 0 Å². The molecule has 2 aliphatic heterocycles. The first-order chi connectivity index (χ1) is 9.70. The van der Waals surface area contributed by atoms with Crippen LogP contribution in [0, 0.1) is 0 Å². The Morgan fingerprint density at radius 3 is 2.60 bits per heavy atom. The van der Waals surface area contributed by atoms with Crippen LogP contribution in [-0.4, -0.2) is 73.5 Å². The lowest BCUT2D eigenvalue weighted by molar-refractivity contribution is -0.135. The molecular formula is C14H26N4O2. The molecule has 0 radical (unpaired) electrons. The third-order valence-corrected chi connectivity index (χ3v) is 3.98. The van der Waals surface area contributed by atoms with E-state index in [1.165, 1.54) is 0 Å². The number of amides is 2. The first-order valence-corrected chi connectivity index (χ1v) is 7.72. The molecule has 2 N–H and O–H groups in total. The lowest BCUT2D eigenvalue weighted by Crippen LogP contribution is -2.54. The summed E-state index contributed by atoms with van der Waals surface area (Å²) in [7, 11) is 0. The smallest absolute Gasteiger partial charge is 0.239 e. The number of nitrogens with one attached hydrogen (secondary N) is 2. The molecule has 2 fully saturated rings. The molecule has 2 saturated heterocycles. The van der Waals surface area contributed by atoms with Crippen LogP contribution in [0.15, 0.2) is 0 Å². The molecule has 1 atom stereocenters. The van der Waals surface area contributed by atoms with Crippen LogP contribution in [0.2, 0.25) is 0 Å². The summed E-state index contributed by atoms with van der Waals surface area (Å²) < 4.78 is 0. The number of carbonyl (C=O) groups is 2. The second-order valence-corrected chi connectivity index (χ2v) is 5.60. The first kappa shape index (κ1) is 15.3. The fraction of sp³-hybridized carbons (Fsp3) is 0.857. The Kier molecular flexibility index (Phi) is 5.79. The van der Waals surface area contributed by atoms with E-state index in [1.54, 1.807) is 0 Å². The summed E-state index contributed by atoms with van der Waals surface area (Å²) in [6.07, 6.45) is 3.01. The molecule has 6 nitrogen and oxygen atoms in total. The summed E-state index contributed by atoms with van der Waals surface area (Å²) >= 11 is 0. The number of nitrogens with zero attached hydrogens (tertiary/aromatic N) is 2. The zero-order valence-electron chi connectivity index (χ0n) is 12.4. The van der Waals surface area contributed by atoms with E-state index in [0.717, 1.165) is 58.5 Å². The topological polar surface area (TPSA) is 64.7 Å². The molecule has 0 aromatic carbocycles. The molecule has 0 bridgehead atoms. The highest BCUT2D eigenvalue weighted by Crippen LogP contribution is 2.10. The van der Waals surface area contributed by atoms with Crippen LogP contribution in [0.5, 0.6) is 0 Å². The second kappa shape index (κ2) is 7.59. The Balaban J connectivity index is 1.69. The van der Waals surface area contributed by atoms with Crippen molar-refractivity contribution in [3.05, 3.63) is 0 Å². The molecule has 114 valence electrons. The van der Waals surface area contributed by atoms with Crippen molar-refractivity contribution >= 4 is 11.8 Å². The molecule has 0 saturated carbocycles. The molecule has 20 heavy (non-hydrogen) atoms. The van der Waals surface area contributed by atoms with E-state index in [1.807, 2.05) is 11.8 Å². The zero-order chi connectivity index (χ0) is 14.4. The summed E-state index contributed by atoms with van der Waals surface area (Å²) in [5.41, 5.74) is 0. The van der Waals surface area contributed by atoms with E-state index in [2.05, 4.69) is 15.5 Å². The van der Waals surface area contributed by atoms with Gasteiger partial charge in [-0.15, -0.1) is 0 Å². The van der Waals surface area contributed by atoms with Crippen molar-refractivity contribution in [3.8, 4) is 0 Å². The van der Waals surface area contributed by atoms with E-state index in [-0.39, 0.29) is 17.9 Å². The maximum absolute atomic E-state index is 12.2. The predicted octanol–water partition coefficient (Wildman–Crippen LogP) is -0.591. The number of rotatable bonds is 5. The maximum atomic E-state index is 12.2. The van der Waals surface area contributed by atoms with E-state index in [9.17, 15) is 9.59 Å². The lowest BCUT2D eigenvalue weighted by atomic mass is 10.2. The van der Waals surface area contributed by atoms with Crippen molar-refractivity contribution < 1.29 is 9.59 Å². The van der Waals surface area contributed by atoms with Gasteiger partial charge in [0, 0.05) is 32.7 Å². The molecule has 2 heterocycles. The Hall–Kier alpha value is -1.14. The van der Waals surface area contributed by atoms with Gasteiger partial charge in [0.15, 0.2) is 0 Å². The number of carbonyl (C=O) groups excluding carboxylic acids is 2. The van der Waals surface area contributed by atoms with Gasteiger partial charge >= 0.3 is 0 Å². The monoisotopic (exact) mass is 282 g/mol. The van der Waals surface area contributed by atoms with Gasteiger partial charge in [0.1, 0.15) is 0 Å². The number of hydrogen-bond donors (Lipinski definition) is 2. The van der Waals surface area contributed by atoms with Gasteiger partial charge < -0.3 is 15.5 Å². The van der Waals surface area contributed by atoms with Crippen LogP contribution in [-0.2, 0) is 9.59 Å². The highest BCUT2D eigenvalue weighted by molar-refractivity contribution is 5.82.